The molecule has 0 aliphatic rings. The first kappa shape index (κ1) is 12.9. The van der Waals surface area contributed by atoms with Crippen molar-refractivity contribution in [2.75, 3.05) is 7.11 Å². The number of hydrogen-bond acceptors (Lipinski definition) is 2. The molecule has 102 valence electrons. The maximum absolute atomic E-state index is 10.5. The number of benzene rings is 3. The van der Waals surface area contributed by atoms with Crippen LogP contribution in [0.1, 0.15) is 18.1 Å². The molecule has 0 radical (unpaired) electrons. The van der Waals surface area contributed by atoms with E-state index in [4.69, 9.17) is 4.74 Å². The van der Waals surface area contributed by atoms with Gasteiger partial charge in [-0.2, -0.15) is 0 Å². The van der Waals surface area contributed by atoms with E-state index < -0.39 is 0 Å². The SMILES string of the molecule is CCc1ccc2c(O)c3ccccc3c(COC)c2c1. The summed E-state index contributed by atoms with van der Waals surface area (Å²) < 4.78 is 5.38. The first-order chi connectivity index (χ1) is 9.76. The van der Waals surface area contributed by atoms with E-state index in [1.807, 2.05) is 30.3 Å². The summed E-state index contributed by atoms with van der Waals surface area (Å²) in [5.74, 6) is 0.359. The van der Waals surface area contributed by atoms with Crippen LogP contribution >= 0.6 is 0 Å². The molecule has 0 aromatic heterocycles. The fourth-order valence-electron chi connectivity index (χ4n) is 2.81. The molecule has 0 atom stereocenters. The van der Waals surface area contributed by atoms with Gasteiger partial charge >= 0.3 is 0 Å². The Kier molecular flexibility index (Phi) is 3.33. The second-order valence-corrected chi connectivity index (χ2v) is 5.04. The van der Waals surface area contributed by atoms with Crippen LogP contribution in [0.4, 0.5) is 0 Å². The molecule has 0 unspecified atom stereocenters. The minimum Gasteiger partial charge on any atom is -0.507 e. The molecule has 3 rings (SSSR count). The van der Waals surface area contributed by atoms with Crippen molar-refractivity contribution >= 4 is 21.5 Å². The van der Waals surface area contributed by atoms with Crippen LogP contribution in [0.3, 0.4) is 0 Å². The molecule has 0 aliphatic carbocycles. The predicted molar refractivity (Wildman–Crippen MR) is 83.2 cm³/mol. The molecule has 3 aromatic rings. The summed E-state index contributed by atoms with van der Waals surface area (Å²) in [4.78, 5) is 0. The van der Waals surface area contributed by atoms with Gasteiger partial charge in [0.2, 0.25) is 0 Å². The summed E-state index contributed by atoms with van der Waals surface area (Å²) in [6, 6.07) is 14.2. The van der Waals surface area contributed by atoms with Crippen LogP contribution < -0.4 is 0 Å². The topological polar surface area (TPSA) is 29.5 Å². The van der Waals surface area contributed by atoms with Crippen molar-refractivity contribution in [1.29, 1.82) is 0 Å². The van der Waals surface area contributed by atoms with E-state index in [1.54, 1.807) is 7.11 Å². The number of hydrogen-bond donors (Lipinski definition) is 1. The Bertz CT molecular complexity index is 775. The normalized spacial score (nSPS) is 11.3. The molecule has 3 aromatic carbocycles. The summed E-state index contributed by atoms with van der Waals surface area (Å²) in [6.45, 7) is 2.68. The molecular formula is C18H18O2. The third-order valence-corrected chi connectivity index (χ3v) is 3.87. The molecule has 0 spiro atoms. The number of phenolic OH excluding ortho intramolecular Hbond substituents is 1. The van der Waals surface area contributed by atoms with Gasteiger partial charge in [-0.05, 0) is 28.3 Å². The smallest absolute Gasteiger partial charge is 0.131 e. The van der Waals surface area contributed by atoms with Crippen molar-refractivity contribution in [3.63, 3.8) is 0 Å². The predicted octanol–water partition coefficient (Wildman–Crippen LogP) is 4.41. The Balaban J connectivity index is 2.49. The van der Waals surface area contributed by atoms with Crippen molar-refractivity contribution in [2.45, 2.75) is 20.0 Å². The lowest BCUT2D eigenvalue weighted by atomic mass is 9.94. The third kappa shape index (κ3) is 1.93. The van der Waals surface area contributed by atoms with Gasteiger partial charge in [0.25, 0.3) is 0 Å². The van der Waals surface area contributed by atoms with Crippen LogP contribution in [-0.2, 0) is 17.8 Å². The van der Waals surface area contributed by atoms with E-state index in [-0.39, 0.29) is 0 Å². The minimum atomic E-state index is 0.359. The van der Waals surface area contributed by atoms with Crippen LogP contribution in [0.2, 0.25) is 0 Å². The minimum absolute atomic E-state index is 0.359. The Labute approximate surface area is 118 Å². The van der Waals surface area contributed by atoms with Gasteiger partial charge in [0, 0.05) is 17.9 Å². The molecule has 0 saturated carbocycles. The van der Waals surface area contributed by atoms with Crippen molar-refractivity contribution in [3.8, 4) is 5.75 Å². The third-order valence-electron chi connectivity index (χ3n) is 3.87. The number of aromatic hydroxyl groups is 1. The molecule has 1 N–H and O–H groups in total. The lowest BCUT2D eigenvalue weighted by Gasteiger charge is -2.14. The highest BCUT2D eigenvalue weighted by Gasteiger charge is 2.13. The molecule has 0 saturated heterocycles. The summed E-state index contributed by atoms with van der Waals surface area (Å²) in [7, 11) is 1.71. The zero-order valence-corrected chi connectivity index (χ0v) is 11.8. The van der Waals surface area contributed by atoms with Crippen molar-refractivity contribution < 1.29 is 9.84 Å². The standard InChI is InChI=1S/C18H18O2/c1-3-12-8-9-15-16(10-12)17(11-20-2)13-6-4-5-7-14(13)18(15)19/h4-10,19H,3,11H2,1-2H3. The molecule has 0 bridgehead atoms. The van der Waals surface area contributed by atoms with E-state index in [0.29, 0.717) is 12.4 Å². The largest absolute Gasteiger partial charge is 0.507 e. The number of methoxy groups -OCH3 is 1. The van der Waals surface area contributed by atoms with Crippen LogP contribution in [0.25, 0.3) is 21.5 Å². The Morgan fingerprint density at radius 3 is 2.35 bits per heavy atom. The molecule has 0 heterocycles. The first-order valence-corrected chi connectivity index (χ1v) is 6.90. The molecule has 2 nitrogen and oxygen atoms in total. The highest BCUT2D eigenvalue weighted by Crippen LogP contribution is 2.38. The average Bonchev–Trinajstić information content (AvgIpc) is 2.51. The van der Waals surface area contributed by atoms with E-state index in [9.17, 15) is 5.11 Å². The summed E-state index contributed by atoms with van der Waals surface area (Å²) in [6.07, 6.45) is 0.982. The average molecular weight is 266 g/mol. The lowest BCUT2D eigenvalue weighted by Crippen LogP contribution is -1.94. The van der Waals surface area contributed by atoms with Crippen LogP contribution in [0.15, 0.2) is 42.5 Å². The van der Waals surface area contributed by atoms with Gasteiger partial charge in [0.05, 0.1) is 6.61 Å². The molecule has 0 aliphatic heterocycles. The molecular weight excluding hydrogens is 248 g/mol. The quantitative estimate of drug-likeness (QED) is 0.712. The van der Waals surface area contributed by atoms with Gasteiger partial charge in [0.1, 0.15) is 5.75 Å². The fourth-order valence-corrected chi connectivity index (χ4v) is 2.81. The summed E-state index contributed by atoms with van der Waals surface area (Å²) in [5.41, 5.74) is 2.41. The number of fused-ring (bicyclic) bond motifs is 2. The van der Waals surface area contributed by atoms with Gasteiger partial charge < -0.3 is 9.84 Å². The molecule has 2 heteroatoms. The van der Waals surface area contributed by atoms with Crippen LogP contribution in [-0.4, -0.2) is 12.2 Å². The first-order valence-electron chi connectivity index (χ1n) is 6.90. The maximum atomic E-state index is 10.5. The van der Waals surface area contributed by atoms with Crippen molar-refractivity contribution in [2.24, 2.45) is 0 Å². The molecule has 20 heavy (non-hydrogen) atoms. The van der Waals surface area contributed by atoms with E-state index in [1.165, 1.54) is 5.56 Å². The maximum Gasteiger partial charge on any atom is 0.131 e. The molecule has 0 fully saturated rings. The zero-order valence-electron chi connectivity index (χ0n) is 11.8. The fraction of sp³-hybridized carbons (Fsp3) is 0.222. The van der Waals surface area contributed by atoms with Gasteiger partial charge in [-0.25, -0.2) is 0 Å². The van der Waals surface area contributed by atoms with Crippen LogP contribution in [0, 0.1) is 0 Å². The lowest BCUT2D eigenvalue weighted by molar-refractivity contribution is 0.187. The highest BCUT2D eigenvalue weighted by molar-refractivity contribution is 6.08. The van der Waals surface area contributed by atoms with Gasteiger partial charge in [-0.15, -0.1) is 0 Å². The van der Waals surface area contributed by atoms with E-state index in [0.717, 1.165) is 33.5 Å². The van der Waals surface area contributed by atoms with Gasteiger partial charge in [0.15, 0.2) is 0 Å². The number of phenols is 1. The number of aryl methyl sites for hydroxylation is 1. The Morgan fingerprint density at radius 2 is 1.65 bits per heavy atom. The molecule has 0 amide bonds. The van der Waals surface area contributed by atoms with E-state index in [2.05, 4.69) is 19.1 Å². The van der Waals surface area contributed by atoms with Crippen LogP contribution in [0.5, 0.6) is 5.75 Å². The Morgan fingerprint density at radius 1 is 0.950 bits per heavy atom. The second kappa shape index (κ2) is 5.14. The zero-order chi connectivity index (χ0) is 14.1. The number of rotatable bonds is 3. The number of ether oxygens (including phenoxy) is 1. The highest BCUT2D eigenvalue weighted by atomic mass is 16.5. The Hall–Kier alpha value is -2.06. The van der Waals surface area contributed by atoms with Crippen molar-refractivity contribution in [1.82, 2.24) is 0 Å². The summed E-state index contributed by atoms with van der Waals surface area (Å²) in [5, 5.41) is 14.5. The van der Waals surface area contributed by atoms with Gasteiger partial charge in [-0.3, -0.25) is 0 Å². The van der Waals surface area contributed by atoms with E-state index >= 15 is 0 Å². The summed E-state index contributed by atoms with van der Waals surface area (Å²) >= 11 is 0. The second-order valence-electron chi connectivity index (χ2n) is 5.04. The monoisotopic (exact) mass is 266 g/mol. The van der Waals surface area contributed by atoms with Gasteiger partial charge in [-0.1, -0.05) is 49.4 Å². The van der Waals surface area contributed by atoms with Crippen molar-refractivity contribution in [3.05, 3.63) is 53.6 Å².